The second kappa shape index (κ2) is 7.17. The molecule has 7 heteroatoms. The zero-order valence-electron chi connectivity index (χ0n) is 12.5. The van der Waals surface area contributed by atoms with E-state index in [1.54, 1.807) is 0 Å². The fraction of sp³-hybridized carbons (Fsp3) is 1.00. The second-order valence-corrected chi connectivity index (χ2v) is 7.55. The van der Waals surface area contributed by atoms with Gasteiger partial charge in [-0.15, -0.1) is 0 Å². The Labute approximate surface area is 122 Å². The van der Waals surface area contributed by atoms with Crippen LogP contribution >= 0.6 is 0 Å². The molecule has 2 aliphatic rings. The smallest absolute Gasteiger partial charge is 0.279 e. The summed E-state index contributed by atoms with van der Waals surface area (Å²) >= 11 is 0. The predicted octanol–water partition coefficient (Wildman–Crippen LogP) is 0.416. The number of likely N-dealkylation sites (tertiary alicyclic amines) is 1. The van der Waals surface area contributed by atoms with Gasteiger partial charge in [-0.05, 0) is 33.2 Å². The standard InChI is InChI=1S/C13H27N3O3S/c1-12-5-3-4-6-16(12)13(2)11-14-20(17,18)15-7-9-19-10-8-15/h12-14H,3-11H2,1-2H3. The summed E-state index contributed by atoms with van der Waals surface area (Å²) in [6, 6.07) is 0.785. The highest BCUT2D eigenvalue weighted by atomic mass is 32.2. The lowest BCUT2D eigenvalue weighted by Crippen LogP contribution is -2.52. The van der Waals surface area contributed by atoms with Crippen molar-refractivity contribution in [2.45, 2.75) is 45.2 Å². The first-order valence-electron chi connectivity index (χ1n) is 7.59. The summed E-state index contributed by atoms with van der Waals surface area (Å²) in [5, 5.41) is 0. The first kappa shape index (κ1) is 16.2. The number of nitrogens with one attached hydrogen (secondary N) is 1. The third-order valence-electron chi connectivity index (χ3n) is 4.29. The molecule has 0 amide bonds. The van der Waals surface area contributed by atoms with Crippen LogP contribution in [0.4, 0.5) is 0 Å². The number of hydrogen-bond acceptors (Lipinski definition) is 4. The molecule has 2 rings (SSSR count). The van der Waals surface area contributed by atoms with Gasteiger partial charge in [-0.25, -0.2) is 4.72 Å². The maximum Gasteiger partial charge on any atom is 0.279 e. The highest BCUT2D eigenvalue weighted by molar-refractivity contribution is 7.87. The van der Waals surface area contributed by atoms with Crippen molar-refractivity contribution in [2.75, 3.05) is 39.4 Å². The quantitative estimate of drug-likeness (QED) is 0.799. The lowest BCUT2D eigenvalue weighted by atomic mass is 10.0. The van der Waals surface area contributed by atoms with E-state index in [1.807, 2.05) is 0 Å². The van der Waals surface area contributed by atoms with Crippen molar-refractivity contribution < 1.29 is 13.2 Å². The lowest BCUT2D eigenvalue weighted by molar-refractivity contribution is 0.0720. The van der Waals surface area contributed by atoms with E-state index in [9.17, 15) is 8.42 Å². The number of rotatable bonds is 5. The molecule has 0 aromatic rings. The van der Waals surface area contributed by atoms with E-state index in [4.69, 9.17) is 4.74 Å². The maximum absolute atomic E-state index is 12.2. The highest BCUT2D eigenvalue weighted by Gasteiger charge is 2.27. The Hall–Kier alpha value is -0.210. The Balaban J connectivity index is 1.83. The van der Waals surface area contributed by atoms with Gasteiger partial charge in [0.1, 0.15) is 0 Å². The summed E-state index contributed by atoms with van der Waals surface area (Å²) in [6.45, 7) is 7.74. The molecule has 2 aliphatic heterocycles. The first-order valence-corrected chi connectivity index (χ1v) is 9.03. The summed E-state index contributed by atoms with van der Waals surface area (Å²) < 4.78 is 33.8. The van der Waals surface area contributed by atoms with Crippen molar-refractivity contribution >= 4 is 10.2 Å². The number of morpholine rings is 1. The van der Waals surface area contributed by atoms with Crippen LogP contribution in [-0.4, -0.2) is 69.1 Å². The molecular formula is C13H27N3O3S. The molecule has 0 spiro atoms. The maximum atomic E-state index is 12.2. The lowest BCUT2D eigenvalue weighted by Gasteiger charge is -2.38. The van der Waals surface area contributed by atoms with Gasteiger partial charge in [-0.1, -0.05) is 6.42 Å². The van der Waals surface area contributed by atoms with Crippen LogP contribution in [0.1, 0.15) is 33.1 Å². The molecule has 2 atom stereocenters. The molecule has 0 bridgehead atoms. The predicted molar refractivity (Wildman–Crippen MR) is 78.8 cm³/mol. The molecule has 2 unspecified atom stereocenters. The van der Waals surface area contributed by atoms with Gasteiger partial charge in [0.2, 0.25) is 0 Å². The number of piperidine rings is 1. The van der Waals surface area contributed by atoms with Crippen molar-refractivity contribution in [3.63, 3.8) is 0 Å². The van der Waals surface area contributed by atoms with Gasteiger partial charge in [0, 0.05) is 31.7 Å². The van der Waals surface area contributed by atoms with Crippen molar-refractivity contribution in [1.82, 2.24) is 13.9 Å². The number of hydrogen-bond donors (Lipinski definition) is 1. The fourth-order valence-electron chi connectivity index (χ4n) is 3.00. The molecule has 0 aromatic heterocycles. The molecule has 0 aliphatic carbocycles. The average molecular weight is 305 g/mol. The Morgan fingerprint density at radius 2 is 1.95 bits per heavy atom. The average Bonchev–Trinajstić information content (AvgIpc) is 2.46. The van der Waals surface area contributed by atoms with Gasteiger partial charge in [0.05, 0.1) is 13.2 Å². The number of nitrogens with zero attached hydrogens (tertiary/aromatic N) is 2. The monoisotopic (exact) mass is 305 g/mol. The topological polar surface area (TPSA) is 61.9 Å². The van der Waals surface area contributed by atoms with Crippen LogP contribution in [0.3, 0.4) is 0 Å². The molecule has 0 aromatic carbocycles. The highest BCUT2D eigenvalue weighted by Crippen LogP contribution is 2.18. The van der Waals surface area contributed by atoms with E-state index in [1.165, 1.54) is 23.6 Å². The summed E-state index contributed by atoms with van der Waals surface area (Å²) in [5.74, 6) is 0. The second-order valence-electron chi connectivity index (χ2n) is 5.80. The summed E-state index contributed by atoms with van der Waals surface area (Å²) in [7, 11) is -3.36. The zero-order chi connectivity index (χ0) is 14.6. The molecule has 0 saturated carbocycles. The van der Waals surface area contributed by atoms with Crippen LogP contribution < -0.4 is 4.72 Å². The molecule has 1 N–H and O–H groups in total. The normalized spacial score (nSPS) is 28.4. The molecule has 2 saturated heterocycles. The van der Waals surface area contributed by atoms with Crippen molar-refractivity contribution in [3.05, 3.63) is 0 Å². The SMILES string of the molecule is CC1CCCCN1C(C)CNS(=O)(=O)N1CCOCC1. The van der Waals surface area contributed by atoms with Crippen LogP contribution in [0, 0.1) is 0 Å². The third kappa shape index (κ3) is 4.14. The number of ether oxygens (including phenoxy) is 1. The molecule has 118 valence electrons. The van der Waals surface area contributed by atoms with Crippen LogP contribution in [-0.2, 0) is 14.9 Å². The molecular weight excluding hydrogens is 278 g/mol. The Morgan fingerprint density at radius 3 is 2.60 bits per heavy atom. The Bertz CT molecular complexity index is 396. The van der Waals surface area contributed by atoms with Crippen molar-refractivity contribution in [3.8, 4) is 0 Å². The van der Waals surface area contributed by atoms with Crippen LogP contribution in [0.5, 0.6) is 0 Å². The minimum Gasteiger partial charge on any atom is -0.379 e. The van der Waals surface area contributed by atoms with Gasteiger partial charge < -0.3 is 4.74 Å². The summed E-state index contributed by atoms with van der Waals surface area (Å²) in [4.78, 5) is 2.41. The van der Waals surface area contributed by atoms with Crippen LogP contribution in [0.25, 0.3) is 0 Å². The zero-order valence-corrected chi connectivity index (χ0v) is 13.4. The van der Waals surface area contributed by atoms with E-state index < -0.39 is 10.2 Å². The van der Waals surface area contributed by atoms with E-state index in [0.29, 0.717) is 38.9 Å². The van der Waals surface area contributed by atoms with Crippen molar-refractivity contribution in [1.29, 1.82) is 0 Å². The van der Waals surface area contributed by atoms with E-state index >= 15 is 0 Å². The van der Waals surface area contributed by atoms with E-state index in [2.05, 4.69) is 23.5 Å². The van der Waals surface area contributed by atoms with Gasteiger partial charge in [0.25, 0.3) is 10.2 Å². The van der Waals surface area contributed by atoms with Gasteiger partial charge >= 0.3 is 0 Å². The van der Waals surface area contributed by atoms with Crippen LogP contribution in [0.15, 0.2) is 0 Å². The molecule has 6 nitrogen and oxygen atoms in total. The van der Waals surface area contributed by atoms with E-state index in [-0.39, 0.29) is 6.04 Å². The van der Waals surface area contributed by atoms with Gasteiger partial charge in [-0.3, -0.25) is 4.90 Å². The third-order valence-corrected chi connectivity index (χ3v) is 5.87. The van der Waals surface area contributed by atoms with Crippen molar-refractivity contribution in [2.24, 2.45) is 0 Å². The fourth-order valence-corrected chi connectivity index (χ4v) is 4.26. The Kier molecular flexibility index (Phi) is 5.80. The molecule has 2 heterocycles. The minimum atomic E-state index is -3.36. The largest absolute Gasteiger partial charge is 0.379 e. The minimum absolute atomic E-state index is 0.237. The van der Waals surface area contributed by atoms with Gasteiger partial charge in [0.15, 0.2) is 0 Å². The van der Waals surface area contributed by atoms with Crippen LogP contribution in [0.2, 0.25) is 0 Å². The summed E-state index contributed by atoms with van der Waals surface area (Å²) in [5.41, 5.74) is 0. The molecule has 0 radical (unpaired) electrons. The summed E-state index contributed by atoms with van der Waals surface area (Å²) in [6.07, 6.45) is 3.70. The molecule has 20 heavy (non-hydrogen) atoms. The Morgan fingerprint density at radius 1 is 1.25 bits per heavy atom. The van der Waals surface area contributed by atoms with Gasteiger partial charge in [-0.2, -0.15) is 12.7 Å². The molecule has 2 fully saturated rings. The first-order chi connectivity index (χ1) is 9.50. The van der Waals surface area contributed by atoms with E-state index in [0.717, 1.165) is 6.54 Å².